The molecule has 154 valence electrons. The van der Waals surface area contributed by atoms with Crippen LogP contribution in [0.4, 0.5) is 20.6 Å². The standard InChI is InChI=1S/C23H27FN2O3/c1-22(2,3)28-20-14-19(26-21(27)29-23(4,5)6)18(25)13-16(20)10-7-15-8-11-17(24)12-9-15/h8-9,11-14H,25H2,1-6H3,(H,26,27). The van der Waals surface area contributed by atoms with Gasteiger partial charge >= 0.3 is 6.09 Å². The first-order valence-corrected chi connectivity index (χ1v) is 9.22. The second kappa shape index (κ2) is 8.44. The molecule has 3 N–H and O–H groups in total. The van der Waals surface area contributed by atoms with Crippen molar-refractivity contribution in [3.8, 4) is 17.6 Å². The molecular weight excluding hydrogens is 371 g/mol. The number of nitrogen functional groups attached to an aromatic ring is 1. The Balaban J connectivity index is 2.39. The summed E-state index contributed by atoms with van der Waals surface area (Å²) in [7, 11) is 0. The molecule has 29 heavy (non-hydrogen) atoms. The van der Waals surface area contributed by atoms with Crippen LogP contribution in [-0.2, 0) is 4.74 Å². The van der Waals surface area contributed by atoms with Gasteiger partial charge in [0.1, 0.15) is 22.8 Å². The van der Waals surface area contributed by atoms with E-state index in [0.29, 0.717) is 28.3 Å². The number of anilines is 2. The van der Waals surface area contributed by atoms with Crippen molar-refractivity contribution in [3.05, 3.63) is 53.3 Å². The van der Waals surface area contributed by atoms with Crippen molar-refractivity contribution in [2.24, 2.45) is 0 Å². The third kappa shape index (κ3) is 7.38. The minimum atomic E-state index is -0.635. The lowest BCUT2D eigenvalue weighted by Crippen LogP contribution is -2.27. The van der Waals surface area contributed by atoms with Crippen LogP contribution in [0.5, 0.6) is 5.75 Å². The zero-order valence-electron chi connectivity index (χ0n) is 17.6. The van der Waals surface area contributed by atoms with Crippen molar-refractivity contribution in [1.29, 1.82) is 0 Å². The van der Waals surface area contributed by atoms with Crippen LogP contribution in [0.15, 0.2) is 36.4 Å². The quantitative estimate of drug-likeness (QED) is 0.530. The Morgan fingerprint density at radius 2 is 1.62 bits per heavy atom. The van der Waals surface area contributed by atoms with Crippen LogP contribution in [0.3, 0.4) is 0 Å². The lowest BCUT2D eigenvalue weighted by molar-refractivity contribution is 0.0636. The van der Waals surface area contributed by atoms with Crippen LogP contribution in [-0.4, -0.2) is 17.3 Å². The van der Waals surface area contributed by atoms with Gasteiger partial charge in [-0.25, -0.2) is 9.18 Å². The molecule has 0 aliphatic carbocycles. The van der Waals surface area contributed by atoms with Gasteiger partial charge in [-0.3, -0.25) is 5.32 Å². The maximum atomic E-state index is 13.1. The van der Waals surface area contributed by atoms with Crippen LogP contribution >= 0.6 is 0 Å². The van der Waals surface area contributed by atoms with Crippen LogP contribution in [0.2, 0.25) is 0 Å². The Kier molecular flexibility index (Phi) is 6.43. The van der Waals surface area contributed by atoms with E-state index in [2.05, 4.69) is 17.2 Å². The van der Waals surface area contributed by atoms with Crippen LogP contribution in [0, 0.1) is 17.7 Å². The molecule has 2 aromatic carbocycles. The largest absolute Gasteiger partial charge is 0.487 e. The summed E-state index contributed by atoms with van der Waals surface area (Å²) in [5, 5.41) is 2.64. The van der Waals surface area contributed by atoms with Crippen LogP contribution < -0.4 is 15.8 Å². The van der Waals surface area contributed by atoms with E-state index >= 15 is 0 Å². The summed E-state index contributed by atoms with van der Waals surface area (Å²) in [5.41, 5.74) is 6.88. The predicted molar refractivity (Wildman–Crippen MR) is 113 cm³/mol. The maximum Gasteiger partial charge on any atom is 0.412 e. The molecule has 1 amide bonds. The maximum absolute atomic E-state index is 13.1. The van der Waals surface area contributed by atoms with E-state index in [1.807, 2.05) is 20.8 Å². The first-order chi connectivity index (χ1) is 13.3. The molecule has 0 aliphatic rings. The number of hydrogen-bond acceptors (Lipinski definition) is 4. The Bertz CT molecular complexity index is 944. The Hall–Kier alpha value is -3.20. The fraction of sp³-hybridized carbons (Fsp3) is 0.348. The molecule has 0 radical (unpaired) electrons. The number of hydrogen-bond donors (Lipinski definition) is 2. The molecule has 0 aromatic heterocycles. The topological polar surface area (TPSA) is 73.6 Å². The summed E-state index contributed by atoms with van der Waals surface area (Å²) in [4.78, 5) is 12.1. The number of rotatable bonds is 2. The number of ether oxygens (including phenoxy) is 2. The minimum absolute atomic E-state index is 0.320. The third-order valence-electron chi connectivity index (χ3n) is 3.39. The summed E-state index contributed by atoms with van der Waals surface area (Å²) in [6.07, 6.45) is -0.615. The number of carbonyl (C=O) groups is 1. The zero-order chi connectivity index (χ0) is 21.8. The van der Waals surface area contributed by atoms with Gasteiger partial charge in [0.15, 0.2) is 0 Å². The van der Waals surface area contributed by atoms with Gasteiger partial charge in [-0.2, -0.15) is 0 Å². The minimum Gasteiger partial charge on any atom is -0.487 e. The monoisotopic (exact) mass is 398 g/mol. The number of amides is 1. The summed E-state index contributed by atoms with van der Waals surface area (Å²) < 4.78 is 24.4. The zero-order valence-corrected chi connectivity index (χ0v) is 17.6. The Morgan fingerprint density at radius 3 is 2.17 bits per heavy atom. The third-order valence-corrected chi connectivity index (χ3v) is 3.39. The molecule has 2 rings (SSSR count). The first-order valence-electron chi connectivity index (χ1n) is 9.22. The highest BCUT2D eigenvalue weighted by Gasteiger charge is 2.20. The summed E-state index contributed by atoms with van der Waals surface area (Å²) >= 11 is 0. The van der Waals surface area contributed by atoms with Crippen molar-refractivity contribution >= 4 is 17.5 Å². The van der Waals surface area contributed by atoms with Crippen LogP contribution in [0.25, 0.3) is 0 Å². The summed E-state index contributed by atoms with van der Waals surface area (Å²) in [6, 6.07) is 9.13. The summed E-state index contributed by atoms with van der Waals surface area (Å²) in [6.45, 7) is 11.0. The fourth-order valence-corrected chi connectivity index (χ4v) is 2.30. The van der Waals surface area contributed by atoms with Gasteiger partial charge < -0.3 is 15.2 Å². The Morgan fingerprint density at radius 1 is 1.00 bits per heavy atom. The fourth-order valence-electron chi connectivity index (χ4n) is 2.30. The normalized spacial score (nSPS) is 11.3. The molecule has 2 aromatic rings. The highest BCUT2D eigenvalue weighted by Crippen LogP contribution is 2.31. The second-order valence-electron chi connectivity index (χ2n) is 8.53. The molecule has 0 heterocycles. The van der Waals surface area contributed by atoms with E-state index in [4.69, 9.17) is 15.2 Å². The van der Waals surface area contributed by atoms with E-state index < -0.39 is 17.3 Å². The molecule has 5 nitrogen and oxygen atoms in total. The lowest BCUT2D eigenvalue weighted by Gasteiger charge is -2.24. The van der Waals surface area contributed by atoms with E-state index in [0.717, 1.165) is 0 Å². The first kappa shape index (κ1) is 22.1. The molecule has 0 saturated carbocycles. The van der Waals surface area contributed by atoms with Crippen molar-refractivity contribution in [1.82, 2.24) is 0 Å². The van der Waals surface area contributed by atoms with Crippen molar-refractivity contribution < 1.29 is 18.7 Å². The highest BCUT2D eigenvalue weighted by atomic mass is 19.1. The van der Waals surface area contributed by atoms with E-state index in [-0.39, 0.29) is 5.82 Å². The number of benzene rings is 2. The van der Waals surface area contributed by atoms with Gasteiger partial charge in [-0.15, -0.1) is 0 Å². The molecule has 0 saturated heterocycles. The number of nitrogens with one attached hydrogen (secondary N) is 1. The molecule has 0 atom stereocenters. The van der Waals surface area contributed by atoms with E-state index in [1.54, 1.807) is 45.0 Å². The smallest absolute Gasteiger partial charge is 0.412 e. The van der Waals surface area contributed by atoms with Gasteiger partial charge in [0, 0.05) is 11.6 Å². The van der Waals surface area contributed by atoms with Gasteiger partial charge in [0.25, 0.3) is 0 Å². The van der Waals surface area contributed by atoms with Gasteiger partial charge in [0.05, 0.1) is 16.9 Å². The van der Waals surface area contributed by atoms with Crippen molar-refractivity contribution in [2.45, 2.75) is 52.7 Å². The van der Waals surface area contributed by atoms with Gasteiger partial charge in [-0.05, 0) is 71.9 Å². The van der Waals surface area contributed by atoms with E-state index in [1.165, 1.54) is 12.1 Å². The summed E-state index contributed by atoms with van der Waals surface area (Å²) in [5.74, 6) is 6.12. The molecule has 0 aliphatic heterocycles. The predicted octanol–water partition coefficient (Wildman–Crippen LogP) is 5.33. The average Bonchev–Trinajstić information content (AvgIpc) is 2.54. The molecular formula is C23H27FN2O3. The SMILES string of the molecule is CC(C)(C)OC(=O)Nc1cc(OC(C)(C)C)c(C#Cc2ccc(F)cc2)cc1N. The Labute approximate surface area is 171 Å². The average molecular weight is 398 g/mol. The molecule has 6 heteroatoms. The number of halogens is 1. The van der Waals surface area contributed by atoms with Crippen molar-refractivity contribution in [2.75, 3.05) is 11.1 Å². The molecule has 0 unspecified atom stereocenters. The molecule has 0 spiro atoms. The lowest BCUT2D eigenvalue weighted by atomic mass is 10.1. The number of nitrogens with two attached hydrogens (primary N) is 1. The highest BCUT2D eigenvalue weighted by molar-refractivity contribution is 5.90. The van der Waals surface area contributed by atoms with Gasteiger partial charge in [-0.1, -0.05) is 11.8 Å². The number of carbonyl (C=O) groups excluding carboxylic acids is 1. The van der Waals surface area contributed by atoms with E-state index in [9.17, 15) is 9.18 Å². The molecule has 0 bridgehead atoms. The van der Waals surface area contributed by atoms with Crippen LogP contribution in [0.1, 0.15) is 52.7 Å². The van der Waals surface area contributed by atoms with Gasteiger partial charge in [0.2, 0.25) is 0 Å². The molecule has 0 fully saturated rings. The van der Waals surface area contributed by atoms with Crippen molar-refractivity contribution in [3.63, 3.8) is 0 Å². The second-order valence-corrected chi connectivity index (χ2v) is 8.53.